The standard InChI is InChI=1S/C26H23ClN2O3S/c1-2-3-21(25(31)32)23(30)14-16-4-6-17(7-5-16)18-8-11-20(12-9-18)28-26-29-22-13-10-19(27)15-24(22)33-26/h4-13,15,21H,2-3,14H2,1H3,(H,28,29)(H,31,32). The molecule has 168 valence electrons. The van der Waals surface area contributed by atoms with Crippen LogP contribution < -0.4 is 5.32 Å². The summed E-state index contributed by atoms with van der Waals surface area (Å²) in [4.78, 5) is 28.3. The van der Waals surface area contributed by atoms with Gasteiger partial charge in [-0.2, -0.15) is 0 Å². The zero-order valence-electron chi connectivity index (χ0n) is 18.0. The van der Waals surface area contributed by atoms with Gasteiger partial charge in [0.2, 0.25) is 0 Å². The van der Waals surface area contributed by atoms with Gasteiger partial charge in [-0.25, -0.2) is 4.98 Å². The van der Waals surface area contributed by atoms with Gasteiger partial charge in [0.15, 0.2) is 10.9 Å². The van der Waals surface area contributed by atoms with Crippen LogP contribution in [0.4, 0.5) is 10.8 Å². The minimum atomic E-state index is -1.04. The molecule has 33 heavy (non-hydrogen) atoms. The second-order valence-electron chi connectivity index (χ2n) is 7.85. The lowest BCUT2D eigenvalue weighted by molar-refractivity contribution is -0.146. The minimum absolute atomic E-state index is 0.132. The van der Waals surface area contributed by atoms with E-state index in [9.17, 15) is 14.7 Å². The fraction of sp³-hybridized carbons (Fsp3) is 0.192. The number of ketones is 1. The van der Waals surface area contributed by atoms with E-state index >= 15 is 0 Å². The molecule has 4 aromatic rings. The van der Waals surface area contributed by atoms with Crippen LogP contribution in [0.15, 0.2) is 66.7 Å². The first-order valence-corrected chi connectivity index (χ1v) is 11.9. The number of rotatable bonds is 9. The Labute approximate surface area is 201 Å². The van der Waals surface area contributed by atoms with E-state index in [1.54, 1.807) is 11.3 Å². The SMILES string of the molecule is CCCC(C(=O)O)C(=O)Cc1ccc(-c2ccc(Nc3nc4ccc(Cl)cc4s3)cc2)cc1. The number of aromatic nitrogens is 1. The topological polar surface area (TPSA) is 79.3 Å². The number of halogens is 1. The highest BCUT2D eigenvalue weighted by molar-refractivity contribution is 7.22. The number of fused-ring (bicyclic) bond motifs is 1. The lowest BCUT2D eigenvalue weighted by Gasteiger charge is -2.10. The number of carbonyl (C=O) groups is 2. The largest absolute Gasteiger partial charge is 0.481 e. The number of hydrogen-bond donors (Lipinski definition) is 2. The monoisotopic (exact) mass is 478 g/mol. The van der Waals surface area contributed by atoms with Gasteiger partial charge in [0.1, 0.15) is 5.92 Å². The van der Waals surface area contributed by atoms with Crippen LogP contribution in [-0.2, 0) is 16.0 Å². The Hall–Kier alpha value is -3.22. The third-order valence-electron chi connectivity index (χ3n) is 5.42. The molecule has 5 nitrogen and oxygen atoms in total. The second kappa shape index (κ2) is 10.1. The molecule has 0 saturated carbocycles. The van der Waals surface area contributed by atoms with Crippen molar-refractivity contribution in [1.82, 2.24) is 4.98 Å². The Morgan fingerprint density at radius 2 is 1.70 bits per heavy atom. The highest BCUT2D eigenvalue weighted by Crippen LogP contribution is 2.31. The summed E-state index contributed by atoms with van der Waals surface area (Å²) in [6.07, 6.45) is 1.17. The number of aliphatic carboxylic acids is 1. The first-order valence-electron chi connectivity index (χ1n) is 10.7. The summed E-state index contributed by atoms with van der Waals surface area (Å²) in [6, 6.07) is 21.4. The fourth-order valence-electron chi connectivity index (χ4n) is 3.67. The molecule has 0 aliphatic heterocycles. The Bertz CT molecular complexity index is 1280. The molecule has 0 amide bonds. The first kappa shape index (κ1) is 23.0. The van der Waals surface area contributed by atoms with E-state index in [0.29, 0.717) is 17.9 Å². The molecule has 0 aliphatic rings. The molecule has 4 rings (SSSR count). The van der Waals surface area contributed by atoms with Gasteiger partial charge in [-0.05, 0) is 53.4 Å². The Balaban J connectivity index is 1.42. The maximum atomic E-state index is 12.4. The molecule has 1 aromatic heterocycles. The van der Waals surface area contributed by atoms with Crippen LogP contribution in [0.2, 0.25) is 5.02 Å². The maximum Gasteiger partial charge on any atom is 0.314 e. The van der Waals surface area contributed by atoms with E-state index in [-0.39, 0.29) is 12.2 Å². The van der Waals surface area contributed by atoms with Gasteiger partial charge in [-0.1, -0.05) is 72.7 Å². The number of nitrogens with zero attached hydrogens (tertiary/aromatic N) is 1. The van der Waals surface area contributed by atoms with Crippen LogP contribution in [-0.4, -0.2) is 21.8 Å². The van der Waals surface area contributed by atoms with Crippen molar-refractivity contribution >= 4 is 55.7 Å². The van der Waals surface area contributed by atoms with Crippen molar-refractivity contribution < 1.29 is 14.7 Å². The third-order valence-corrected chi connectivity index (χ3v) is 6.59. The van der Waals surface area contributed by atoms with E-state index in [1.165, 1.54) is 0 Å². The molecule has 0 fully saturated rings. The van der Waals surface area contributed by atoms with Crippen molar-refractivity contribution in [2.24, 2.45) is 5.92 Å². The number of carboxylic acids is 1. The van der Waals surface area contributed by atoms with Crippen molar-refractivity contribution in [1.29, 1.82) is 0 Å². The zero-order chi connectivity index (χ0) is 23.4. The predicted octanol–water partition coefficient (Wildman–Crippen LogP) is 6.97. The number of anilines is 2. The van der Waals surface area contributed by atoms with Gasteiger partial charge in [-0.3, -0.25) is 9.59 Å². The molecule has 2 N–H and O–H groups in total. The molecule has 1 heterocycles. The second-order valence-corrected chi connectivity index (χ2v) is 9.32. The normalized spacial score (nSPS) is 11.9. The summed E-state index contributed by atoms with van der Waals surface area (Å²) < 4.78 is 1.03. The molecule has 0 saturated heterocycles. The quantitative estimate of drug-likeness (QED) is 0.254. The number of carboxylic acid groups (broad SMARTS) is 1. The number of Topliss-reactive ketones (excluding diaryl/α,β-unsaturated/α-hetero) is 1. The number of hydrogen-bond acceptors (Lipinski definition) is 5. The average molecular weight is 479 g/mol. The van der Waals surface area contributed by atoms with Crippen molar-refractivity contribution in [3.05, 3.63) is 77.3 Å². The van der Waals surface area contributed by atoms with Crippen LogP contribution in [0.3, 0.4) is 0 Å². The van der Waals surface area contributed by atoms with E-state index in [0.717, 1.165) is 37.7 Å². The molecule has 1 unspecified atom stereocenters. The maximum absolute atomic E-state index is 12.4. The zero-order valence-corrected chi connectivity index (χ0v) is 19.6. The van der Waals surface area contributed by atoms with Crippen LogP contribution in [0.25, 0.3) is 21.3 Å². The molecular formula is C26H23ClN2O3S. The summed E-state index contributed by atoms with van der Waals surface area (Å²) in [6.45, 7) is 1.88. The first-order chi connectivity index (χ1) is 15.9. The van der Waals surface area contributed by atoms with Gasteiger partial charge in [0.25, 0.3) is 0 Å². The Kier molecular flexibility index (Phi) is 7.06. The minimum Gasteiger partial charge on any atom is -0.481 e. The summed E-state index contributed by atoms with van der Waals surface area (Å²) in [5.74, 6) is -2.21. The van der Waals surface area contributed by atoms with Crippen molar-refractivity contribution in [3.8, 4) is 11.1 Å². The summed E-state index contributed by atoms with van der Waals surface area (Å²) in [5.41, 5.74) is 4.73. The molecule has 0 aliphatic carbocycles. The van der Waals surface area contributed by atoms with Gasteiger partial charge in [0, 0.05) is 17.1 Å². The Morgan fingerprint density at radius 1 is 1.03 bits per heavy atom. The summed E-state index contributed by atoms with van der Waals surface area (Å²) in [7, 11) is 0. The van der Waals surface area contributed by atoms with Gasteiger partial charge in [0.05, 0.1) is 10.2 Å². The van der Waals surface area contributed by atoms with Crippen LogP contribution in [0.1, 0.15) is 25.3 Å². The van der Waals surface area contributed by atoms with Crippen molar-refractivity contribution in [2.45, 2.75) is 26.2 Å². The highest BCUT2D eigenvalue weighted by Gasteiger charge is 2.24. The number of thiazole rings is 1. The average Bonchev–Trinajstić information content (AvgIpc) is 3.19. The van der Waals surface area contributed by atoms with Gasteiger partial charge in [-0.15, -0.1) is 0 Å². The van der Waals surface area contributed by atoms with Crippen LogP contribution >= 0.6 is 22.9 Å². The molecule has 7 heteroatoms. The van der Waals surface area contributed by atoms with Gasteiger partial charge < -0.3 is 10.4 Å². The lowest BCUT2D eigenvalue weighted by Crippen LogP contribution is -2.25. The van der Waals surface area contributed by atoms with E-state index in [4.69, 9.17) is 11.6 Å². The van der Waals surface area contributed by atoms with Crippen LogP contribution in [0, 0.1) is 5.92 Å². The fourth-order valence-corrected chi connectivity index (χ4v) is 4.83. The summed E-state index contributed by atoms with van der Waals surface area (Å²) in [5, 5.41) is 14.1. The molecular weight excluding hydrogens is 456 g/mol. The van der Waals surface area contributed by atoms with Crippen molar-refractivity contribution in [2.75, 3.05) is 5.32 Å². The molecule has 1 atom stereocenters. The predicted molar refractivity (Wildman–Crippen MR) is 135 cm³/mol. The summed E-state index contributed by atoms with van der Waals surface area (Å²) >= 11 is 7.60. The molecule has 0 spiro atoms. The van der Waals surface area contributed by atoms with E-state index < -0.39 is 11.9 Å². The van der Waals surface area contributed by atoms with Gasteiger partial charge >= 0.3 is 5.97 Å². The van der Waals surface area contributed by atoms with E-state index in [1.807, 2.05) is 73.7 Å². The van der Waals surface area contributed by atoms with Crippen LogP contribution in [0.5, 0.6) is 0 Å². The van der Waals surface area contributed by atoms with E-state index in [2.05, 4.69) is 10.3 Å². The molecule has 0 radical (unpaired) electrons. The number of benzene rings is 3. The highest BCUT2D eigenvalue weighted by atomic mass is 35.5. The van der Waals surface area contributed by atoms with Crippen molar-refractivity contribution in [3.63, 3.8) is 0 Å². The number of carbonyl (C=O) groups excluding carboxylic acids is 1. The number of nitrogens with one attached hydrogen (secondary N) is 1. The third kappa shape index (κ3) is 5.59. The Morgan fingerprint density at radius 3 is 2.33 bits per heavy atom. The lowest BCUT2D eigenvalue weighted by atomic mass is 9.93. The molecule has 3 aromatic carbocycles. The smallest absolute Gasteiger partial charge is 0.314 e. The molecule has 0 bridgehead atoms.